The van der Waals surface area contributed by atoms with Crippen LogP contribution in [0.25, 0.3) is 0 Å². The molecule has 0 spiro atoms. The molecule has 0 aromatic heterocycles. The Bertz CT molecular complexity index is 284. The van der Waals surface area contributed by atoms with Crippen LogP contribution in [0.5, 0.6) is 0 Å². The highest BCUT2D eigenvalue weighted by Gasteiger charge is 2.08. The molecule has 1 aromatic carbocycles. The lowest BCUT2D eigenvalue weighted by atomic mass is 10.1. The summed E-state index contributed by atoms with van der Waals surface area (Å²) in [6.45, 7) is 1.65. The molecule has 0 radical (unpaired) electrons. The van der Waals surface area contributed by atoms with Crippen molar-refractivity contribution in [3.05, 3.63) is 34.9 Å². The van der Waals surface area contributed by atoms with Crippen molar-refractivity contribution in [2.75, 3.05) is 0 Å². The first kappa shape index (κ1) is 8.84. The summed E-state index contributed by atoms with van der Waals surface area (Å²) in [6.07, 6.45) is 0.711. The van der Waals surface area contributed by atoms with Gasteiger partial charge in [0.25, 0.3) is 0 Å². The molecular formula is C9H8F2O. The topological polar surface area (TPSA) is 17.1 Å². The number of carbonyl (C=O) groups is 1. The van der Waals surface area contributed by atoms with E-state index in [1.165, 1.54) is 0 Å². The quantitative estimate of drug-likeness (QED) is 0.622. The van der Waals surface area contributed by atoms with E-state index in [9.17, 15) is 13.6 Å². The lowest BCUT2D eigenvalue weighted by Crippen LogP contribution is -1.95. The first-order chi connectivity index (χ1) is 5.69. The molecule has 0 amide bonds. The average Bonchev–Trinajstić information content (AvgIpc) is 2.03. The van der Waals surface area contributed by atoms with Gasteiger partial charge in [-0.2, -0.15) is 0 Å². The van der Waals surface area contributed by atoms with Gasteiger partial charge in [-0.25, -0.2) is 8.78 Å². The average molecular weight is 170 g/mol. The molecule has 0 heterocycles. The molecule has 0 fully saturated rings. The molecule has 0 bridgehead atoms. The Hall–Kier alpha value is -1.25. The van der Waals surface area contributed by atoms with Crippen LogP contribution in [0.1, 0.15) is 22.8 Å². The lowest BCUT2D eigenvalue weighted by Gasteiger charge is -2.01. The Kier molecular flexibility index (Phi) is 2.53. The van der Waals surface area contributed by atoms with E-state index in [-0.39, 0.29) is 17.5 Å². The molecule has 0 saturated heterocycles. The van der Waals surface area contributed by atoms with Crippen LogP contribution in [0.15, 0.2) is 12.1 Å². The molecule has 1 aromatic rings. The van der Waals surface area contributed by atoms with Crippen LogP contribution in [-0.4, -0.2) is 6.29 Å². The second-order valence-electron chi connectivity index (χ2n) is 2.43. The summed E-state index contributed by atoms with van der Waals surface area (Å²) in [5, 5.41) is 0. The predicted octanol–water partition coefficient (Wildman–Crippen LogP) is 2.34. The zero-order valence-corrected chi connectivity index (χ0v) is 6.60. The Morgan fingerprint density at radius 3 is 2.17 bits per heavy atom. The first-order valence-electron chi connectivity index (χ1n) is 3.62. The van der Waals surface area contributed by atoms with Gasteiger partial charge in [-0.05, 0) is 18.6 Å². The minimum Gasteiger partial charge on any atom is -0.298 e. The molecule has 3 heteroatoms. The second kappa shape index (κ2) is 3.43. The molecule has 0 aliphatic rings. The van der Waals surface area contributed by atoms with Crippen molar-refractivity contribution in [2.24, 2.45) is 0 Å². The number of benzene rings is 1. The summed E-state index contributed by atoms with van der Waals surface area (Å²) in [5.74, 6) is -1.31. The smallest absolute Gasteiger partial charge is 0.150 e. The second-order valence-corrected chi connectivity index (χ2v) is 2.43. The molecule has 12 heavy (non-hydrogen) atoms. The lowest BCUT2D eigenvalue weighted by molar-refractivity contribution is 0.112. The highest BCUT2D eigenvalue weighted by molar-refractivity contribution is 5.74. The van der Waals surface area contributed by atoms with Gasteiger partial charge in [-0.1, -0.05) is 6.92 Å². The van der Waals surface area contributed by atoms with Gasteiger partial charge in [-0.3, -0.25) is 4.79 Å². The fourth-order valence-corrected chi connectivity index (χ4v) is 1.03. The van der Waals surface area contributed by atoms with Crippen LogP contribution in [0.4, 0.5) is 8.78 Å². The number of rotatable bonds is 2. The summed E-state index contributed by atoms with van der Waals surface area (Å²) < 4.78 is 25.8. The van der Waals surface area contributed by atoms with E-state index in [0.29, 0.717) is 6.29 Å². The number of aldehydes is 1. The van der Waals surface area contributed by atoms with E-state index in [1.54, 1.807) is 6.92 Å². The van der Waals surface area contributed by atoms with Crippen LogP contribution in [0.3, 0.4) is 0 Å². The summed E-state index contributed by atoms with van der Waals surface area (Å²) in [7, 11) is 0. The van der Waals surface area contributed by atoms with Gasteiger partial charge in [-0.15, -0.1) is 0 Å². The maximum absolute atomic E-state index is 12.9. The highest BCUT2D eigenvalue weighted by atomic mass is 19.1. The summed E-state index contributed by atoms with van der Waals surface area (Å²) in [6, 6.07) is 2.07. The monoisotopic (exact) mass is 170 g/mol. The zero-order valence-electron chi connectivity index (χ0n) is 6.60. The van der Waals surface area contributed by atoms with Crippen molar-refractivity contribution in [1.82, 2.24) is 0 Å². The minimum atomic E-state index is -0.653. The van der Waals surface area contributed by atoms with Crippen LogP contribution in [0, 0.1) is 11.6 Å². The standard InChI is InChI=1S/C9H8F2O/c1-2-7-8(10)3-6(5-12)4-9(7)11/h3-5H,2H2,1H3. The van der Waals surface area contributed by atoms with Crippen molar-refractivity contribution in [2.45, 2.75) is 13.3 Å². The van der Waals surface area contributed by atoms with Crippen LogP contribution < -0.4 is 0 Å². The van der Waals surface area contributed by atoms with Crippen molar-refractivity contribution in [3.8, 4) is 0 Å². The van der Waals surface area contributed by atoms with Gasteiger partial charge >= 0.3 is 0 Å². The molecule has 0 N–H and O–H groups in total. The number of halogens is 2. The third-order valence-electron chi connectivity index (χ3n) is 1.65. The van der Waals surface area contributed by atoms with Crippen molar-refractivity contribution >= 4 is 6.29 Å². The third kappa shape index (κ3) is 1.49. The number of hydrogen-bond donors (Lipinski definition) is 0. The molecule has 1 nitrogen and oxygen atoms in total. The predicted molar refractivity (Wildman–Crippen MR) is 41.1 cm³/mol. The number of carbonyl (C=O) groups excluding carboxylic acids is 1. The Balaban J connectivity index is 3.27. The van der Waals surface area contributed by atoms with Crippen LogP contribution in [0.2, 0.25) is 0 Å². The Morgan fingerprint density at radius 2 is 1.83 bits per heavy atom. The molecule has 0 aliphatic heterocycles. The summed E-state index contributed by atoms with van der Waals surface area (Å²) in [4.78, 5) is 10.2. The van der Waals surface area contributed by atoms with E-state index in [0.717, 1.165) is 12.1 Å². The van der Waals surface area contributed by atoms with Gasteiger partial charge < -0.3 is 0 Å². The van der Waals surface area contributed by atoms with Gasteiger partial charge in [0.2, 0.25) is 0 Å². The Morgan fingerprint density at radius 1 is 1.33 bits per heavy atom. The normalized spacial score (nSPS) is 9.92. The van der Waals surface area contributed by atoms with Crippen LogP contribution >= 0.6 is 0 Å². The molecule has 0 unspecified atom stereocenters. The minimum absolute atomic E-state index is 0.0283. The molecule has 64 valence electrons. The fraction of sp³-hybridized carbons (Fsp3) is 0.222. The number of hydrogen-bond acceptors (Lipinski definition) is 1. The van der Waals surface area contributed by atoms with Gasteiger partial charge in [0.1, 0.15) is 17.9 Å². The van der Waals surface area contributed by atoms with Crippen molar-refractivity contribution in [1.29, 1.82) is 0 Å². The summed E-state index contributed by atoms with van der Waals surface area (Å²) in [5.41, 5.74) is 0.0581. The van der Waals surface area contributed by atoms with Crippen molar-refractivity contribution in [3.63, 3.8) is 0 Å². The highest BCUT2D eigenvalue weighted by Crippen LogP contribution is 2.14. The molecule has 0 saturated carbocycles. The first-order valence-corrected chi connectivity index (χ1v) is 3.62. The van der Waals surface area contributed by atoms with Crippen LogP contribution in [-0.2, 0) is 6.42 Å². The van der Waals surface area contributed by atoms with E-state index in [1.807, 2.05) is 0 Å². The maximum atomic E-state index is 12.9. The van der Waals surface area contributed by atoms with E-state index >= 15 is 0 Å². The molecule has 0 aliphatic carbocycles. The van der Waals surface area contributed by atoms with Gasteiger partial charge in [0.15, 0.2) is 0 Å². The SMILES string of the molecule is CCc1c(F)cc(C=O)cc1F. The van der Waals surface area contributed by atoms with E-state index in [4.69, 9.17) is 0 Å². The fourth-order valence-electron chi connectivity index (χ4n) is 1.03. The largest absolute Gasteiger partial charge is 0.298 e. The van der Waals surface area contributed by atoms with E-state index < -0.39 is 11.6 Å². The summed E-state index contributed by atoms with van der Waals surface area (Å²) >= 11 is 0. The molecular weight excluding hydrogens is 162 g/mol. The van der Waals surface area contributed by atoms with E-state index in [2.05, 4.69) is 0 Å². The van der Waals surface area contributed by atoms with Crippen molar-refractivity contribution < 1.29 is 13.6 Å². The molecule has 1 rings (SSSR count). The third-order valence-corrected chi connectivity index (χ3v) is 1.65. The zero-order chi connectivity index (χ0) is 9.14. The molecule has 0 atom stereocenters. The van der Waals surface area contributed by atoms with Gasteiger partial charge in [0, 0.05) is 11.1 Å². The Labute approximate surface area is 69.0 Å². The maximum Gasteiger partial charge on any atom is 0.150 e. The van der Waals surface area contributed by atoms with Gasteiger partial charge in [0.05, 0.1) is 0 Å².